The summed E-state index contributed by atoms with van der Waals surface area (Å²) in [4.78, 5) is 17.3. The van der Waals surface area contributed by atoms with E-state index < -0.39 is 8.07 Å². The molecule has 0 fully saturated rings. The number of ether oxygens (including phenoxy) is 3. The molecule has 5 rings (SSSR count). The van der Waals surface area contributed by atoms with E-state index in [4.69, 9.17) is 37.4 Å². The highest BCUT2D eigenvalue weighted by atomic mass is 35.5. The molecule has 0 unspecified atom stereocenters. The van der Waals surface area contributed by atoms with E-state index in [1.165, 1.54) is 0 Å². The third kappa shape index (κ3) is 7.37. The number of nitrogens with zero attached hydrogens (tertiary/aromatic N) is 5. The molecular weight excluding hydrogens is 593 g/mol. The lowest BCUT2D eigenvalue weighted by molar-refractivity contribution is 0.0899. The minimum Gasteiger partial charge on any atom is -0.488 e. The number of hydrogen-bond donors (Lipinski definition) is 1. The van der Waals surface area contributed by atoms with E-state index >= 15 is 0 Å². The molecule has 0 aliphatic rings. The minimum atomic E-state index is -1.22. The van der Waals surface area contributed by atoms with Gasteiger partial charge in [0.1, 0.15) is 41.7 Å². The van der Waals surface area contributed by atoms with Crippen LogP contribution in [0, 0.1) is 0 Å². The number of pyridine rings is 2. The zero-order valence-electron chi connectivity index (χ0n) is 24.0. The van der Waals surface area contributed by atoms with Gasteiger partial charge in [-0.2, -0.15) is 4.98 Å². The monoisotopic (exact) mass is 625 g/mol. The fraction of sp³-hybridized carbons (Fsp3) is 0.333. The molecule has 4 aromatic heterocycles. The first-order chi connectivity index (χ1) is 20.1. The summed E-state index contributed by atoms with van der Waals surface area (Å²) in [6, 6.07) is 10.8. The number of rotatable bonds is 12. The van der Waals surface area contributed by atoms with E-state index in [2.05, 4.69) is 39.6 Å². The lowest BCUT2D eigenvalue weighted by atomic mass is 10.0. The summed E-state index contributed by atoms with van der Waals surface area (Å²) in [6.07, 6.45) is 6.62. The number of aromatic nitrogens is 5. The van der Waals surface area contributed by atoms with Gasteiger partial charge in [-0.1, -0.05) is 37.3 Å². The average Bonchev–Trinajstić information content (AvgIpc) is 3.32. The highest BCUT2D eigenvalue weighted by molar-refractivity contribution is 6.76. The lowest BCUT2D eigenvalue weighted by Crippen LogP contribution is -2.22. The summed E-state index contributed by atoms with van der Waals surface area (Å²) in [5.74, 6) is 1.19. The largest absolute Gasteiger partial charge is 0.488 e. The summed E-state index contributed by atoms with van der Waals surface area (Å²) < 4.78 is 19.8. The van der Waals surface area contributed by atoms with Crippen LogP contribution in [0.15, 0.2) is 55.1 Å². The molecule has 12 heteroatoms. The van der Waals surface area contributed by atoms with Gasteiger partial charge in [-0.15, -0.1) is 0 Å². The predicted octanol–water partition coefficient (Wildman–Crippen LogP) is 7.00. The fourth-order valence-corrected chi connectivity index (χ4v) is 5.66. The van der Waals surface area contributed by atoms with Gasteiger partial charge in [-0.05, 0) is 60.0 Å². The smallest absolute Gasteiger partial charge is 0.225 e. The normalized spacial score (nSPS) is 12.6. The van der Waals surface area contributed by atoms with Crippen LogP contribution in [-0.4, -0.2) is 57.0 Å². The molecule has 1 aromatic carbocycles. The molecule has 0 bridgehead atoms. The number of aliphatic hydroxyl groups excluding tert-OH is 1. The van der Waals surface area contributed by atoms with Crippen LogP contribution in [0.2, 0.25) is 36.1 Å². The third-order valence-corrected chi connectivity index (χ3v) is 8.76. The Hall–Kier alpha value is -3.28. The number of hydrogen-bond acceptors (Lipinski definition) is 8. The molecule has 5 aromatic rings. The SMILES string of the molecule is C[C@@H](COc1cncc(CO)c1)Oc1cnc2ccc(-c3cn(COCC[Si](C)(C)C)c4nc(Cl)nc(Cl)c34)cc2c1. The highest BCUT2D eigenvalue weighted by Crippen LogP contribution is 2.36. The Morgan fingerprint density at radius 1 is 1.02 bits per heavy atom. The van der Waals surface area contributed by atoms with Gasteiger partial charge in [0.15, 0.2) is 0 Å². The van der Waals surface area contributed by atoms with Crippen LogP contribution in [0.5, 0.6) is 11.5 Å². The summed E-state index contributed by atoms with van der Waals surface area (Å²) in [6.45, 7) is 10.1. The van der Waals surface area contributed by atoms with Gasteiger partial charge >= 0.3 is 0 Å². The Bertz CT molecular complexity index is 1710. The van der Waals surface area contributed by atoms with Crippen molar-refractivity contribution in [3.05, 3.63) is 71.1 Å². The molecule has 0 saturated carbocycles. The summed E-state index contributed by atoms with van der Waals surface area (Å²) in [5.41, 5.74) is 3.92. The number of fused-ring (bicyclic) bond motifs is 2. The van der Waals surface area contributed by atoms with Gasteiger partial charge in [0, 0.05) is 38.0 Å². The van der Waals surface area contributed by atoms with Crippen molar-refractivity contribution in [2.45, 2.75) is 52.1 Å². The fourth-order valence-electron chi connectivity index (χ4n) is 4.43. The molecule has 0 spiro atoms. The van der Waals surface area contributed by atoms with Crippen LogP contribution >= 0.6 is 23.2 Å². The first-order valence-corrected chi connectivity index (χ1v) is 18.1. The Labute approximate surface area is 255 Å². The second-order valence-electron chi connectivity index (χ2n) is 11.3. The molecule has 0 saturated heterocycles. The van der Waals surface area contributed by atoms with Crippen molar-refractivity contribution in [3.63, 3.8) is 0 Å². The molecule has 1 N–H and O–H groups in total. The quantitative estimate of drug-likeness (QED) is 0.0684. The van der Waals surface area contributed by atoms with E-state index in [0.717, 1.165) is 28.1 Å². The van der Waals surface area contributed by atoms with Crippen molar-refractivity contribution in [1.29, 1.82) is 0 Å². The molecule has 0 aliphatic carbocycles. The molecule has 0 aliphatic heterocycles. The second kappa shape index (κ2) is 12.9. The standard InChI is InChI=1S/C30H33Cl2N5O4Si/c1-19(17-40-23-9-20(16-38)12-33-13-23)41-24-11-22-10-21(5-6-26(22)34-14-24)25-15-37(18-39-7-8-42(2,3)4)29-27(25)28(31)35-30(32)36-29/h5-6,9-15,19,38H,7-8,16-18H2,1-4H3/t19-/m0/s1. The van der Waals surface area contributed by atoms with Crippen LogP contribution in [0.4, 0.5) is 0 Å². The van der Waals surface area contributed by atoms with Crippen LogP contribution in [0.25, 0.3) is 33.1 Å². The van der Waals surface area contributed by atoms with Gasteiger partial charge in [0.2, 0.25) is 5.28 Å². The maximum absolute atomic E-state index is 9.31. The molecule has 220 valence electrons. The first kappa shape index (κ1) is 30.2. The van der Waals surface area contributed by atoms with Gasteiger partial charge in [-0.25, -0.2) is 4.98 Å². The molecule has 0 amide bonds. The van der Waals surface area contributed by atoms with Crippen molar-refractivity contribution in [2.24, 2.45) is 0 Å². The molecule has 4 heterocycles. The summed E-state index contributed by atoms with van der Waals surface area (Å²) in [7, 11) is -1.22. The Morgan fingerprint density at radius 3 is 2.64 bits per heavy atom. The van der Waals surface area contributed by atoms with Gasteiger partial charge in [-0.3, -0.25) is 9.97 Å². The molecule has 9 nitrogen and oxygen atoms in total. The Kier molecular flexibility index (Phi) is 9.29. The van der Waals surface area contributed by atoms with Gasteiger partial charge in [0.05, 0.1) is 29.9 Å². The van der Waals surface area contributed by atoms with E-state index in [-0.39, 0.29) is 23.1 Å². The van der Waals surface area contributed by atoms with E-state index in [0.29, 0.717) is 48.0 Å². The van der Waals surface area contributed by atoms with E-state index in [1.54, 1.807) is 24.7 Å². The number of benzene rings is 1. The summed E-state index contributed by atoms with van der Waals surface area (Å²) in [5, 5.41) is 11.3. The Balaban J connectivity index is 1.37. The number of aliphatic hydroxyl groups is 1. The van der Waals surface area contributed by atoms with Crippen molar-refractivity contribution in [1.82, 2.24) is 24.5 Å². The topological polar surface area (TPSA) is 104 Å². The maximum atomic E-state index is 9.31. The molecular formula is C30H33Cl2N5O4Si. The summed E-state index contributed by atoms with van der Waals surface area (Å²) >= 11 is 12.8. The van der Waals surface area contributed by atoms with Crippen molar-refractivity contribution < 1.29 is 19.3 Å². The van der Waals surface area contributed by atoms with Crippen LogP contribution in [0.1, 0.15) is 12.5 Å². The second-order valence-corrected chi connectivity index (χ2v) is 17.7. The van der Waals surface area contributed by atoms with E-state index in [9.17, 15) is 5.11 Å². The number of halogens is 2. The van der Waals surface area contributed by atoms with Crippen molar-refractivity contribution in [3.8, 4) is 22.6 Å². The van der Waals surface area contributed by atoms with Crippen molar-refractivity contribution in [2.75, 3.05) is 13.2 Å². The third-order valence-electron chi connectivity index (χ3n) is 6.61. The zero-order chi connectivity index (χ0) is 29.9. The average molecular weight is 627 g/mol. The highest BCUT2D eigenvalue weighted by Gasteiger charge is 2.19. The van der Waals surface area contributed by atoms with Crippen molar-refractivity contribution >= 4 is 53.2 Å². The molecule has 0 radical (unpaired) electrons. The van der Waals surface area contributed by atoms with Crippen LogP contribution in [0.3, 0.4) is 0 Å². The maximum Gasteiger partial charge on any atom is 0.225 e. The first-order valence-electron chi connectivity index (χ1n) is 13.6. The van der Waals surface area contributed by atoms with Gasteiger partial charge < -0.3 is 23.9 Å². The minimum absolute atomic E-state index is 0.0838. The predicted molar refractivity (Wildman–Crippen MR) is 168 cm³/mol. The van der Waals surface area contributed by atoms with Gasteiger partial charge in [0.25, 0.3) is 0 Å². The molecule has 42 heavy (non-hydrogen) atoms. The van der Waals surface area contributed by atoms with Crippen LogP contribution < -0.4 is 9.47 Å². The lowest BCUT2D eigenvalue weighted by Gasteiger charge is -2.16. The van der Waals surface area contributed by atoms with E-state index in [1.807, 2.05) is 42.0 Å². The zero-order valence-corrected chi connectivity index (χ0v) is 26.5. The van der Waals surface area contributed by atoms with Crippen LogP contribution in [-0.2, 0) is 18.1 Å². The molecule has 1 atom stereocenters. The Morgan fingerprint density at radius 2 is 1.86 bits per heavy atom.